The summed E-state index contributed by atoms with van der Waals surface area (Å²) >= 11 is 0. The number of ether oxygens (including phenoxy) is 1. The van der Waals surface area contributed by atoms with Crippen LogP contribution in [0, 0.1) is 18.3 Å². The van der Waals surface area contributed by atoms with Crippen LogP contribution in [0.2, 0.25) is 0 Å². The molecule has 0 saturated carbocycles. The van der Waals surface area contributed by atoms with E-state index in [9.17, 15) is 9.90 Å². The summed E-state index contributed by atoms with van der Waals surface area (Å²) in [5, 5.41) is 15.8. The summed E-state index contributed by atoms with van der Waals surface area (Å²) in [5.41, 5.74) is 3.54. The number of rotatable bonds is 4. The standard InChI is InChI=1S/C19H28N2O3/c1-13-3-4-15-10-14(2)17(16(15)9-13)21-18(23)20-11-19(12-22)5-7-24-8-6-19/h3-4,9,14,17,22H,5-8,10-12H2,1-2H3,(H2,20,21,23). The van der Waals surface area contributed by atoms with Crippen molar-refractivity contribution < 1.29 is 14.6 Å². The van der Waals surface area contributed by atoms with Crippen LogP contribution < -0.4 is 10.6 Å². The monoisotopic (exact) mass is 332 g/mol. The minimum absolute atomic E-state index is 0.0552. The van der Waals surface area contributed by atoms with Gasteiger partial charge in [-0.3, -0.25) is 0 Å². The highest BCUT2D eigenvalue weighted by atomic mass is 16.5. The fourth-order valence-electron chi connectivity index (χ4n) is 3.84. The van der Waals surface area contributed by atoms with Crippen LogP contribution in [0.1, 0.15) is 42.5 Å². The van der Waals surface area contributed by atoms with Crippen molar-refractivity contribution in [3.05, 3.63) is 34.9 Å². The summed E-state index contributed by atoms with van der Waals surface area (Å²) < 4.78 is 5.37. The quantitative estimate of drug-likeness (QED) is 0.792. The summed E-state index contributed by atoms with van der Waals surface area (Å²) in [6.45, 7) is 6.12. The van der Waals surface area contributed by atoms with Gasteiger partial charge in [0.15, 0.2) is 0 Å². The summed E-state index contributed by atoms with van der Waals surface area (Å²) in [7, 11) is 0. The molecule has 2 atom stereocenters. The molecule has 24 heavy (non-hydrogen) atoms. The number of hydrogen-bond acceptors (Lipinski definition) is 3. The molecule has 1 aromatic carbocycles. The molecule has 1 heterocycles. The molecule has 0 aromatic heterocycles. The van der Waals surface area contributed by atoms with E-state index in [0.717, 1.165) is 19.3 Å². The predicted molar refractivity (Wildman–Crippen MR) is 92.9 cm³/mol. The van der Waals surface area contributed by atoms with E-state index in [1.54, 1.807) is 0 Å². The van der Waals surface area contributed by atoms with Crippen molar-refractivity contribution in [2.75, 3.05) is 26.4 Å². The molecule has 132 valence electrons. The Kier molecular flexibility index (Phi) is 5.11. The highest BCUT2D eigenvalue weighted by molar-refractivity contribution is 5.74. The van der Waals surface area contributed by atoms with Crippen molar-refractivity contribution >= 4 is 6.03 Å². The molecular formula is C19H28N2O3. The second kappa shape index (κ2) is 7.11. The van der Waals surface area contributed by atoms with Gasteiger partial charge in [0.1, 0.15) is 0 Å². The van der Waals surface area contributed by atoms with E-state index in [4.69, 9.17) is 4.74 Å². The Bertz CT molecular complexity index is 596. The second-order valence-corrected chi connectivity index (χ2v) is 7.46. The largest absolute Gasteiger partial charge is 0.396 e. The lowest BCUT2D eigenvalue weighted by Gasteiger charge is -2.35. The molecule has 0 radical (unpaired) electrons. The molecule has 0 spiro atoms. The number of carbonyl (C=O) groups is 1. The predicted octanol–water partition coefficient (Wildman–Crippen LogP) is 2.32. The average Bonchev–Trinajstić information content (AvgIpc) is 2.89. The number of aliphatic hydroxyl groups is 1. The third-order valence-electron chi connectivity index (χ3n) is 5.55. The van der Waals surface area contributed by atoms with Gasteiger partial charge in [-0.25, -0.2) is 4.79 Å². The molecule has 1 saturated heterocycles. The second-order valence-electron chi connectivity index (χ2n) is 7.46. The SMILES string of the molecule is Cc1ccc2c(c1)C(NC(=O)NCC1(CO)CCOCC1)C(C)C2. The average molecular weight is 332 g/mol. The van der Waals surface area contributed by atoms with E-state index in [1.807, 2.05) is 0 Å². The summed E-state index contributed by atoms with van der Waals surface area (Å²) in [4.78, 5) is 12.4. The van der Waals surface area contributed by atoms with Crippen LogP contribution in [0.15, 0.2) is 18.2 Å². The number of nitrogens with one attached hydrogen (secondary N) is 2. The lowest BCUT2D eigenvalue weighted by atomic mass is 9.81. The van der Waals surface area contributed by atoms with Crippen LogP contribution in [0.25, 0.3) is 0 Å². The number of hydrogen-bond donors (Lipinski definition) is 3. The molecule has 1 aliphatic carbocycles. The van der Waals surface area contributed by atoms with Gasteiger partial charge in [-0.15, -0.1) is 0 Å². The Hall–Kier alpha value is -1.59. The van der Waals surface area contributed by atoms with E-state index in [2.05, 4.69) is 42.7 Å². The first-order chi connectivity index (χ1) is 11.5. The highest BCUT2D eigenvalue weighted by Crippen LogP contribution is 2.36. The maximum atomic E-state index is 12.4. The third kappa shape index (κ3) is 3.57. The molecule has 5 nitrogen and oxygen atoms in total. The van der Waals surface area contributed by atoms with Crippen molar-refractivity contribution in [3.8, 4) is 0 Å². The molecule has 1 fully saturated rings. The van der Waals surface area contributed by atoms with Gasteiger partial charge in [0.05, 0.1) is 12.6 Å². The fourth-order valence-corrected chi connectivity index (χ4v) is 3.84. The van der Waals surface area contributed by atoms with Gasteiger partial charge in [-0.05, 0) is 43.2 Å². The van der Waals surface area contributed by atoms with Crippen molar-refractivity contribution in [1.29, 1.82) is 0 Å². The Balaban J connectivity index is 1.60. The number of urea groups is 1. The first-order valence-corrected chi connectivity index (χ1v) is 8.85. The van der Waals surface area contributed by atoms with Gasteiger partial charge in [-0.1, -0.05) is 30.7 Å². The number of carbonyl (C=O) groups excluding carboxylic acids is 1. The van der Waals surface area contributed by atoms with Gasteiger partial charge in [0.2, 0.25) is 0 Å². The van der Waals surface area contributed by atoms with E-state index in [-0.39, 0.29) is 24.1 Å². The van der Waals surface area contributed by atoms with Crippen LogP contribution >= 0.6 is 0 Å². The van der Waals surface area contributed by atoms with Gasteiger partial charge in [0, 0.05) is 25.2 Å². The molecule has 2 unspecified atom stereocenters. The first-order valence-electron chi connectivity index (χ1n) is 8.85. The molecule has 1 aliphatic heterocycles. The maximum Gasteiger partial charge on any atom is 0.315 e. The minimum atomic E-state index is -0.245. The highest BCUT2D eigenvalue weighted by Gasteiger charge is 2.34. The first kappa shape index (κ1) is 17.2. The van der Waals surface area contributed by atoms with Crippen molar-refractivity contribution in [2.45, 2.75) is 39.2 Å². The topological polar surface area (TPSA) is 70.6 Å². The van der Waals surface area contributed by atoms with Gasteiger partial charge >= 0.3 is 6.03 Å². The number of aliphatic hydroxyl groups excluding tert-OH is 1. The van der Waals surface area contributed by atoms with Crippen LogP contribution in [0.4, 0.5) is 4.79 Å². The van der Waals surface area contributed by atoms with Crippen LogP contribution in [-0.2, 0) is 11.2 Å². The number of fused-ring (bicyclic) bond motifs is 1. The number of amides is 2. The van der Waals surface area contributed by atoms with Crippen LogP contribution in [0.5, 0.6) is 0 Å². The van der Waals surface area contributed by atoms with E-state index < -0.39 is 0 Å². The van der Waals surface area contributed by atoms with Crippen molar-refractivity contribution in [1.82, 2.24) is 10.6 Å². The van der Waals surface area contributed by atoms with E-state index in [0.29, 0.717) is 25.7 Å². The van der Waals surface area contributed by atoms with E-state index >= 15 is 0 Å². The normalized spacial score (nSPS) is 25.1. The lowest BCUT2D eigenvalue weighted by Crippen LogP contribution is -2.47. The molecule has 5 heteroatoms. The fraction of sp³-hybridized carbons (Fsp3) is 0.632. The zero-order valence-corrected chi connectivity index (χ0v) is 14.6. The Morgan fingerprint density at radius 1 is 1.38 bits per heavy atom. The van der Waals surface area contributed by atoms with Crippen molar-refractivity contribution in [2.24, 2.45) is 11.3 Å². The minimum Gasteiger partial charge on any atom is -0.396 e. The summed E-state index contributed by atoms with van der Waals surface area (Å²) in [6, 6.07) is 6.38. The molecule has 3 rings (SSSR count). The smallest absolute Gasteiger partial charge is 0.315 e. The van der Waals surface area contributed by atoms with Crippen LogP contribution in [0.3, 0.4) is 0 Å². The third-order valence-corrected chi connectivity index (χ3v) is 5.55. The van der Waals surface area contributed by atoms with Gasteiger partial charge in [-0.2, -0.15) is 0 Å². The number of benzene rings is 1. The summed E-state index contributed by atoms with van der Waals surface area (Å²) in [5.74, 6) is 0.391. The molecular weight excluding hydrogens is 304 g/mol. The molecule has 0 bridgehead atoms. The summed E-state index contributed by atoms with van der Waals surface area (Å²) in [6.07, 6.45) is 2.57. The molecule has 2 amide bonds. The van der Waals surface area contributed by atoms with Crippen LogP contribution in [-0.4, -0.2) is 37.5 Å². The Morgan fingerprint density at radius 2 is 2.12 bits per heavy atom. The zero-order valence-electron chi connectivity index (χ0n) is 14.6. The maximum absolute atomic E-state index is 12.4. The lowest BCUT2D eigenvalue weighted by molar-refractivity contribution is -0.0139. The van der Waals surface area contributed by atoms with Crippen molar-refractivity contribution in [3.63, 3.8) is 0 Å². The molecule has 1 aromatic rings. The van der Waals surface area contributed by atoms with Gasteiger partial charge < -0.3 is 20.5 Å². The van der Waals surface area contributed by atoms with Gasteiger partial charge in [0.25, 0.3) is 0 Å². The number of aryl methyl sites for hydroxylation is 1. The Labute approximate surface area is 143 Å². The molecule has 2 aliphatic rings. The molecule has 3 N–H and O–H groups in total. The Morgan fingerprint density at radius 3 is 2.83 bits per heavy atom. The zero-order chi connectivity index (χ0) is 17.2. The van der Waals surface area contributed by atoms with E-state index in [1.165, 1.54) is 16.7 Å².